The Morgan fingerprint density at radius 2 is 1.62 bits per heavy atom. The number of ether oxygens (including phenoxy) is 4. The van der Waals surface area contributed by atoms with Gasteiger partial charge in [0.2, 0.25) is 5.75 Å². The van der Waals surface area contributed by atoms with E-state index in [0.29, 0.717) is 26.6 Å². The summed E-state index contributed by atoms with van der Waals surface area (Å²) >= 11 is 1.39. The highest BCUT2D eigenvalue weighted by Gasteiger charge is 2.32. The van der Waals surface area contributed by atoms with Gasteiger partial charge >= 0.3 is 0 Å². The highest BCUT2D eigenvalue weighted by atomic mass is 32.1. The van der Waals surface area contributed by atoms with Crippen LogP contribution in [0.15, 0.2) is 76.0 Å². The van der Waals surface area contributed by atoms with Gasteiger partial charge in [-0.1, -0.05) is 47.7 Å². The number of aryl methyl sites for hydroxylation is 1. The molecule has 0 spiro atoms. The molecule has 0 bridgehead atoms. The van der Waals surface area contributed by atoms with E-state index >= 15 is 0 Å². The number of thiazole rings is 1. The molecule has 7 nitrogen and oxygen atoms in total. The lowest BCUT2D eigenvalue weighted by Crippen LogP contribution is -2.38. The molecule has 6 rings (SSSR count). The largest absolute Gasteiger partial charge is 0.497 e. The summed E-state index contributed by atoms with van der Waals surface area (Å²) in [6.45, 7) is 0. The van der Waals surface area contributed by atoms with Crippen molar-refractivity contribution in [2.75, 3.05) is 28.4 Å². The van der Waals surface area contributed by atoms with Crippen molar-refractivity contribution in [1.29, 1.82) is 0 Å². The quantitative estimate of drug-likeness (QED) is 0.364. The highest BCUT2D eigenvalue weighted by molar-refractivity contribution is 7.07. The van der Waals surface area contributed by atoms with Gasteiger partial charge in [0.1, 0.15) is 5.75 Å². The van der Waals surface area contributed by atoms with E-state index in [-0.39, 0.29) is 11.6 Å². The summed E-state index contributed by atoms with van der Waals surface area (Å²) in [5.74, 6) is 2.33. The normalized spacial score (nSPS) is 16.1. The lowest BCUT2D eigenvalue weighted by Gasteiger charge is -2.30. The molecule has 2 aliphatic rings. The van der Waals surface area contributed by atoms with E-state index in [2.05, 4.69) is 18.2 Å². The molecule has 3 aromatic carbocycles. The van der Waals surface area contributed by atoms with Gasteiger partial charge in [0.15, 0.2) is 16.3 Å². The Balaban J connectivity index is 1.58. The second-order valence-electron chi connectivity index (χ2n) is 9.35. The molecule has 1 atom stereocenters. The second-order valence-corrected chi connectivity index (χ2v) is 10.4. The van der Waals surface area contributed by atoms with Gasteiger partial charge in [0.05, 0.1) is 44.7 Å². The van der Waals surface area contributed by atoms with Crippen LogP contribution in [-0.2, 0) is 6.42 Å². The van der Waals surface area contributed by atoms with Gasteiger partial charge < -0.3 is 18.9 Å². The lowest BCUT2D eigenvalue weighted by atomic mass is 9.83. The van der Waals surface area contributed by atoms with Crippen molar-refractivity contribution >= 4 is 23.1 Å². The van der Waals surface area contributed by atoms with Gasteiger partial charge in [-0.3, -0.25) is 9.36 Å². The van der Waals surface area contributed by atoms with E-state index in [1.165, 1.54) is 16.9 Å². The van der Waals surface area contributed by atoms with E-state index in [9.17, 15) is 4.79 Å². The Morgan fingerprint density at radius 1 is 0.897 bits per heavy atom. The Kier molecular flexibility index (Phi) is 6.48. The molecule has 198 valence electrons. The molecule has 2 heterocycles. The highest BCUT2D eigenvalue weighted by Crippen LogP contribution is 2.42. The van der Waals surface area contributed by atoms with Gasteiger partial charge in [0.25, 0.3) is 5.56 Å². The van der Waals surface area contributed by atoms with E-state index in [4.69, 9.17) is 23.9 Å². The summed E-state index contributed by atoms with van der Waals surface area (Å²) in [6.07, 6.45) is 3.60. The van der Waals surface area contributed by atoms with Crippen molar-refractivity contribution in [2.45, 2.75) is 18.9 Å². The SMILES string of the molecule is COc1ccc([C@H]2C3=C(N=c4s/c(=C/c5cc(OC)c(OC)c(OC)c5)c(=O)n42)c2ccccc2CC3)cc1. The number of hydrogen-bond donors (Lipinski definition) is 0. The molecule has 1 aromatic heterocycles. The van der Waals surface area contributed by atoms with Gasteiger partial charge in [-0.25, -0.2) is 4.99 Å². The minimum atomic E-state index is -0.252. The Bertz CT molecular complexity index is 1760. The van der Waals surface area contributed by atoms with E-state index in [0.717, 1.165) is 46.6 Å². The lowest BCUT2D eigenvalue weighted by molar-refractivity contribution is 0.324. The first-order valence-electron chi connectivity index (χ1n) is 12.6. The van der Waals surface area contributed by atoms with Crippen LogP contribution >= 0.6 is 11.3 Å². The van der Waals surface area contributed by atoms with E-state index < -0.39 is 0 Å². The first kappa shape index (κ1) is 25.0. The fourth-order valence-electron chi connectivity index (χ4n) is 5.44. The molecule has 0 unspecified atom stereocenters. The average molecular weight is 541 g/mol. The van der Waals surface area contributed by atoms with Crippen molar-refractivity contribution in [1.82, 2.24) is 4.57 Å². The molecule has 0 amide bonds. The molecule has 39 heavy (non-hydrogen) atoms. The zero-order valence-electron chi connectivity index (χ0n) is 22.2. The molecule has 0 saturated heterocycles. The fourth-order valence-corrected chi connectivity index (χ4v) is 6.45. The molecule has 0 N–H and O–H groups in total. The Morgan fingerprint density at radius 3 is 2.28 bits per heavy atom. The van der Waals surface area contributed by atoms with E-state index in [1.54, 1.807) is 28.4 Å². The third-order valence-electron chi connectivity index (χ3n) is 7.29. The third-order valence-corrected chi connectivity index (χ3v) is 8.27. The zero-order chi connectivity index (χ0) is 27.1. The van der Waals surface area contributed by atoms with Crippen LogP contribution in [0.2, 0.25) is 0 Å². The number of rotatable bonds is 6. The molecule has 0 saturated carbocycles. The number of nitrogens with zero attached hydrogens (tertiary/aromatic N) is 2. The second kappa shape index (κ2) is 10.1. The van der Waals surface area contributed by atoms with Gasteiger partial charge in [-0.05, 0) is 65.4 Å². The summed E-state index contributed by atoms with van der Waals surface area (Å²) in [4.78, 5) is 19.8. The van der Waals surface area contributed by atoms with Gasteiger partial charge in [0, 0.05) is 5.56 Å². The molecule has 1 aliphatic carbocycles. The molecule has 4 aromatic rings. The van der Waals surface area contributed by atoms with Crippen LogP contribution in [-0.4, -0.2) is 33.0 Å². The maximum atomic E-state index is 14.0. The smallest absolute Gasteiger partial charge is 0.271 e. The van der Waals surface area contributed by atoms with Crippen molar-refractivity contribution < 1.29 is 18.9 Å². The van der Waals surface area contributed by atoms with Crippen LogP contribution < -0.4 is 33.8 Å². The average Bonchev–Trinajstić information content (AvgIpc) is 3.29. The molecule has 0 radical (unpaired) electrons. The standard InChI is InChI=1S/C31H28N2O5S/c1-35-21-12-9-20(10-13-21)28-23-14-11-19-7-5-6-8-22(19)27(23)32-31-33(28)30(34)26(39-31)17-18-15-24(36-2)29(38-4)25(16-18)37-3/h5-10,12-13,15-17,28H,11,14H2,1-4H3/b26-17+/t28-/m0/s1. The molecular formula is C31H28N2O5S. The minimum Gasteiger partial charge on any atom is -0.497 e. The first-order valence-corrected chi connectivity index (χ1v) is 13.4. The van der Waals surface area contributed by atoms with Crippen LogP contribution in [0.1, 0.15) is 34.7 Å². The fraction of sp³-hybridized carbons (Fsp3) is 0.226. The summed E-state index contributed by atoms with van der Waals surface area (Å²) in [7, 11) is 6.37. The van der Waals surface area contributed by atoms with Crippen LogP contribution in [0.4, 0.5) is 0 Å². The van der Waals surface area contributed by atoms with Crippen molar-refractivity contribution in [3.8, 4) is 23.0 Å². The molecular weight excluding hydrogens is 512 g/mol. The monoisotopic (exact) mass is 540 g/mol. The summed E-state index contributed by atoms with van der Waals surface area (Å²) < 4.78 is 24.3. The number of allylic oxidation sites excluding steroid dienone is 1. The molecule has 8 heteroatoms. The van der Waals surface area contributed by atoms with Crippen molar-refractivity contribution in [3.05, 3.63) is 108 Å². The zero-order valence-corrected chi connectivity index (χ0v) is 23.0. The number of fused-ring (bicyclic) bond motifs is 3. The maximum Gasteiger partial charge on any atom is 0.271 e. The van der Waals surface area contributed by atoms with Crippen LogP contribution in [0.5, 0.6) is 23.0 Å². The summed E-state index contributed by atoms with van der Waals surface area (Å²) in [5.41, 5.74) is 6.26. The van der Waals surface area contributed by atoms with Crippen LogP contribution in [0.25, 0.3) is 11.8 Å². The Labute approximate surface area is 229 Å². The predicted octanol–water partition coefficient (Wildman–Crippen LogP) is 4.35. The van der Waals surface area contributed by atoms with E-state index in [1.807, 2.05) is 53.1 Å². The summed E-state index contributed by atoms with van der Waals surface area (Å²) in [6, 6.07) is 19.8. The van der Waals surface area contributed by atoms with Crippen LogP contribution in [0.3, 0.4) is 0 Å². The molecule has 0 fully saturated rings. The topological polar surface area (TPSA) is 71.3 Å². The number of hydrogen-bond acceptors (Lipinski definition) is 7. The van der Waals surface area contributed by atoms with Crippen LogP contribution in [0, 0.1) is 0 Å². The Hall–Kier alpha value is -4.30. The van der Waals surface area contributed by atoms with Crippen molar-refractivity contribution in [3.63, 3.8) is 0 Å². The van der Waals surface area contributed by atoms with Gasteiger partial charge in [-0.15, -0.1) is 0 Å². The third kappa shape index (κ3) is 4.21. The minimum absolute atomic E-state index is 0.0845. The number of benzene rings is 3. The van der Waals surface area contributed by atoms with Gasteiger partial charge in [-0.2, -0.15) is 0 Å². The summed E-state index contributed by atoms with van der Waals surface area (Å²) in [5, 5.41) is 0. The predicted molar refractivity (Wildman–Crippen MR) is 152 cm³/mol. The molecule has 1 aliphatic heterocycles. The first-order chi connectivity index (χ1) is 19.1. The maximum absolute atomic E-state index is 14.0. The number of aromatic nitrogens is 1. The van der Waals surface area contributed by atoms with Crippen molar-refractivity contribution in [2.24, 2.45) is 4.99 Å². The number of methoxy groups -OCH3 is 4.